The van der Waals surface area contributed by atoms with Gasteiger partial charge in [0.2, 0.25) is 0 Å². The average molecular weight is 2070 g/mol. The van der Waals surface area contributed by atoms with E-state index in [1.165, 1.54) is 18.2 Å². The topological polar surface area (TPSA) is 200 Å². The normalized spacial score (nSPS) is 10.9. The summed E-state index contributed by atoms with van der Waals surface area (Å²) in [5.41, 5.74) is 16.0. The van der Waals surface area contributed by atoms with Crippen molar-refractivity contribution in [2.24, 2.45) is 0 Å². The molecule has 2 N–H and O–H groups in total. The van der Waals surface area contributed by atoms with Crippen LogP contribution in [0, 0.1) is 66.1 Å². The van der Waals surface area contributed by atoms with Gasteiger partial charge in [-0.2, -0.15) is 26.3 Å². The van der Waals surface area contributed by atoms with Crippen molar-refractivity contribution < 1.29 is 96.9 Å². The van der Waals surface area contributed by atoms with Crippen LogP contribution >= 0.6 is 0 Å². The molecule has 3 radical (unpaired) electrons. The zero-order valence-electron chi connectivity index (χ0n) is 61.2. The molecule has 579 valence electrons. The Balaban J connectivity index is 0.000000182. The van der Waals surface area contributed by atoms with Crippen molar-refractivity contribution in [3.8, 4) is 102 Å². The first kappa shape index (κ1) is 88.7. The van der Waals surface area contributed by atoms with Crippen molar-refractivity contribution >= 4 is 44.5 Å². The van der Waals surface area contributed by atoms with Crippen LogP contribution < -0.4 is 0 Å². The summed E-state index contributed by atoms with van der Waals surface area (Å²) in [6, 6.07) is 101. The molecule has 116 heavy (non-hydrogen) atoms. The first-order valence-electron chi connectivity index (χ1n) is 34.8. The smallest absolute Gasteiger partial charge is 0.393 e. The molecule has 0 spiro atoms. The van der Waals surface area contributed by atoms with Crippen LogP contribution in [0.15, 0.2) is 298 Å². The minimum absolute atomic E-state index is 0. The fraction of sp³-hybridized carbons (Fsp3) is 0.0753. The molecule has 11 aromatic carbocycles. The van der Waals surface area contributed by atoms with Gasteiger partial charge in [0.25, 0.3) is 0 Å². The molecule has 0 aliphatic rings. The summed E-state index contributed by atoms with van der Waals surface area (Å²) in [5.74, 6) is 0. The molecular weight excluding hydrogens is 2010 g/mol. The number of benzene rings is 11. The quantitative estimate of drug-likeness (QED) is 0.0971. The fourth-order valence-electron chi connectivity index (χ4n) is 11.0. The number of para-hydroxylation sites is 6. The first-order valence-corrected chi connectivity index (χ1v) is 34.8. The molecule has 0 aliphatic heterocycles. The number of aliphatic hydroxyl groups excluding tert-OH is 2. The van der Waals surface area contributed by atoms with E-state index < -0.39 is 23.5 Å². The number of fused-ring (bicyclic) bond motifs is 3. The van der Waals surface area contributed by atoms with Crippen LogP contribution in [0.5, 0.6) is 0 Å². The molecule has 0 amide bonds. The first-order chi connectivity index (χ1) is 54.7. The van der Waals surface area contributed by atoms with Gasteiger partial charge in [0.05, 0.1) is 81.1 Å². The van der Waals surface area contributed by atoms with E-state index in [-0.39, 0.29) is 89.5 Å². The molecule has 0 bridgehead atoms. The Morgan fingerprint density at radius 2 is 0.655 bits per heavy atom. The summed E-state index contributed by atoms with van der Waals surface area (Å²) in [5, 5.41) is 35.1. The van der Waals surface area contributed by atoms with Crippen LogP contribution in [0.2, 0.25) is 0 Å². The number of pyridine rings is 2. The number of hydrogen-bond donors (Lipinski definition) is 2. The maximum Gasteiger partial charge on any atom is 0.416 e. The van der Waals surface area contributed by atoms with Gasteiger partial charge < -0.3 is 20.2 Å². The largest absolute Gasteiger partial charge is 0.416 e. The van der Waals surface area contributed by atoms with Gasteiger partial charge in [-0.3, -0.25) is 29.9 Å². The van der Waals surface area contributed by atoms with Gasteiger partial charge in [-0.1, -0.05) is 121 Å². The minimum Gasteiger partial charge on any atom is -0.393 e. The number of aromatic nitrogens is 8. The van der Waals surface area contributed by atoms with Crippen molar-refractivity contribution in [1.29, 1.82) is 10.5 Å². The Bertz CT molecular complexity index is 5390. The third-order valence-electron chi connectivity index (χ3n) is 16.5. The van der Waals surface area contributed by atoms with Gasteiger partial charge in [0, 0.05) is 102 Å². The third-order valence-corrected chi connectivity index (χ3v) is 16.5. The third kappa shape index (κ3) is 24.3. The standard InChI is InChI=1S/C22H11F6N2.2C22H11N4.2C11H8N.C5H12O2.3Ir/c23-21(24,25)15-9-5-13(6-10-15)19-20(30-18-4-2-1-3-17(18)29-19)14-7-11-16(12-8-14)22(26,27)28;2*1-24-18-12-10-17(11-13-18)22-21(16-8-6-15(14-23)7-9-16)25-19-4-2-3-5-20(19)26-22;2*1-2-6-10(7-3-1)11-8-4-5-9-12-11;1-4(6)3-5(2)7;;;/h1-7,9-12H;2*2-8,10-13H;2*1-6,8-9H;4-7H,3H2,1-2H3;;;/q5*-1;;;;. The summed E-state index contributed by atoms with van der Waals surface area (Å²) < 4.78 is 77.3. The van der Waals surface area contributed by atoms with Crippen LogP contribution in [-0.4, -0.2) is 62.3 Å². The maximum absolute atomic E-state index is 12.9. The van der Waals surface area contributed by atoms with Crippen molar-refractivity contribution in [3.05, 3.63) is 373 Å². The van der Waals surface area contributed by atoms with E-state index in [9.17, 15) is 26.3 Å². The minimum atomic E-state index is -4.51. The Labute approximate surface area is 706 Å². The van der Waals surface area contributed by atoms with Crippen LogP contribution in [0.25, 0.3) is 133 Å². The Hall–Kier alpha value is -12.9. The van der Waals surface area contributed by atoms with Crippen molar-refractivity contribution in [3.63, 3.8) is 0 Å². The SMILES string of the molecule is CC(O)CC(C)O.FC(F)(F)c1c[c-]c(-c2nc3ccccc3nc2-c2ccc(C(F)(F)F)cc2)cc1.[C-]#[N+]c1ccc(-c2nc3ccccc3nc2-c2[c-]cc(C#N)cc2)cc1.[C-]#[N+]c1ccc(-c2nc3ccccc3nc2-c2[c-]cc(C#N)cc2)cc1.[Ir].[Ir].[Ir].[c-]1ccccc1-c1ccccn1.[c-]1ccccc1-c1ccccn1. The van der Waals surface area contributed by atoms with E-state index >= 15 is 0 Å². The van der Waals surface area contributed by atoms with Gasteiger partial charge in [-0.25, -0.2) is 20.2 Å². The number of hydrogen-bond acceptors (Lipinski definition) is 12. The number of rotatable bonds is 10. The molecule has 16 aromatic rings. The number of aliphatic hydroxyl groups is 2. The molecule has 0 saturated heterocycles. The van der Waals surface area contributed by atoms with E-state index in [0.29, 0.717) is 56.9 Å². The van der Waals surface area contributed by atoms with Gasteiger partial charge in [-0.05, 0) is 126 Å². The van der Waals surface area contributed by atoms with Crippen LogP contribution in [0.1, 0.15) is 42.5 Å². The van der Waals surface area contributed by atoms with E-state index in [1.807, 2.05) is 170 Å². The van der Waals surface area contributed by atoms with Gasteiger partial charge >= 0.3 is 12.4 Å². The number of alkyl halides is 6. The number of nitriles is 2. The maximum atomic E-state index is 12.9. The van der Waals surface area contributed by atoms with Crippen molar-refractivity contribution in [1.82, 2.24) is 39.9 Å². The molecular formula is C93H61F6Ir3N12O2-5. The van der Waals surface area contributed by atoms with Crippen molar-refractivity contribution in [2.75, 3.05) is 0 Å². The Morgan fingerprint density at radius 1 is 0.353 bits per heavy atom. The molecule has 16 rings (SSSR count). The molecule has 14 nitrogen and oxygen atoms in total. The van der Waals surface area contributed by atoms with E-state index in [4.69, 9.17) is 53.8 Å². The van der Waals surface area contributed by atoms with E-state index in [0.717, 1.165) is 102 Å². The zero-order valence-corrected chi connectivity index (χ0v) is 68.4. The Morgan fingerprint density at radius 3 is 0.905 bits per heavy atom. The van der Waals surface area contributed by atoms with Crippen molar-refractivity contribution in [2.45, 2.75) is 44.8 Å². The van der Waals surface area contributed by atoms with Gasteiger partial charge in [0.15, 0.2) is 11.4 Å². The second-order valence-corrected chi connectivity index (χ2v) is 24.7. The summed E-state index contributed by atoms with van der Waals surface area (Å²) in [4.78, 5) is 43.4. The number of nitrogens with zero attached hydrogens (tertiary/aromatic N) is 12. The monoisotopic (exact) mass is 2070 g/mol. The second-order valence-electron chi connectivity index (χ2n) is 24.7. The van der Waals surface area contributed by atoms with E-state index in [1.54, 1.807) is 99.0 Å². The summed E-state index contributed by atoms with van der Waals surface area (Å²) in [6.45, 7) is 17.5. The second kappa shape index (κ2) is 42.9. The Kier molecular flexibility index (Phi) is 32.8. The molecule has 23 heteroatoms. The van der Waals surface area contributed by atoms with E-state index in [2.05, 4.69) is 72.1 Å². The molecule has 5 aromatic heterocycles. The van der Waals surface area contributed by atoms with Gasteiger partial charge in [0.1, 0.15) is 0 Å². The number of halogens is 6. The predicted molar refractivity (Wildman–Crippen MR) is 425 cm³/mol. The fourth-order valence-corrected chi connectivity index (χ4v) is 11.0. The van der Waals surface area contributed by atoms with Gasteiger partial charge in [-0.15, -0.1) is 161 Å². The molecule has 5 heterocycles. The molecule has 0 aliphatic carbocycles. The van der Waals surface area contributed by atoms with Crippen LogP contribution in [-0.2, 0) is 72.7 Å². The average Bonchev–Trinajstić information content (AvgIpc) is 0.787. The van der Waals surface area contributed by atoms with Crippen LogP contribution in [0.4, 0.5) is 37.7 Å². The zero-order chi connectivity index (χ0) is 79.7. The molecule has 0 saturated carbocycles. The molecule has 2 atom stereocenters. The predicted octanol–water partition coefficient (Wildman–Crippen LogP) is 22.4. The van der Waals surface area contributed by atoms with Crippen LogP contribution in [0.3, 0.4) is 0 Å². The summed E-state index contributed by atoms with van der Waals surface area (Å²) in [6.07, 6.45) is -5.70. The molecule has 0 fully saturated rings. The summed E-state index contributed by atoms with van der Waals surface area (Å²) in [7, 11) is 0. The summed E-state index contributed by atoms with van der Waals surface area (Å²) >= 11 is 0. The molecule has 2 unspecified atom stereocenters.